The summed E-state index contributed by atoms with van der Waals surface area (Å²) in [5.41, 5.74) is 0.468. The van der Waals surface area contributed by atoms with Crippen molar-refractivity contribution in [3.8, 4) is 6.07 Å². The van der Waals surface area contributed by atoms with Gasteiger partial charge in [0.15, 0.2) is 0 Å². The van der Waals surface area contributed by atoms with Crippen LogP contribution in [-0.4, -0.2) is 26.0 Å². The maximum absolute atomic E-state index is 11.7. The summed E-state index contributed by atoms with van der Waals surface area (Å²) < 4.78 is 0. The quantitative estimate of drug-likeness (QED) is 0.792. The lowest BCUT2D eigenvalue weighted by Gasteiger charge is -2.19. The van der Waals surface area contributed by atoms with Gasteiger partial charge in [-0.15, -0.1) is 0 Å². The van der Waals surface area contributed by atoms with E-state index in [4.69, 9.17) is 5.26 Å². The Morgan fingerprint density at radius 1 is 1.42 bits per heavy atom. The first-order valence-electron chi connectivity index (χ1n) is 6.64. The predicted octanol–water partition coefficient (Wildman–Crippen LogP) is 1.93. The molecule has 0 spiro atoms. The molecule has 4 nitrogen and oxygen atoms in total. The number of anilines is 1. The molecular formula is C15H19N3O. The van der Waals surface area contributed by atoms with Crippen molar-refractivity contribution in [2.45, 2.75) is 19.3 Å². The number of nitrogens with one attached hydrogen (secondary N) is 1. The van der Waals surface area contributed by atoms with E-state index in [1.54, 1.807) is 0 Å². The Balaban J connectivity index is 1.68. The highest BCUT2D eigenvalue weighted by molar-refractivity contribution is 5.88. The minimum Gasteiger partial charge on any atom is -0.375 e. The summed E-state index contributed by atoms with van der Waals surface area (Å²) in [4.78, 5) is 13.9. The van der Waals surface area contributed by atoms with Crippen LogP contribution in [0.15, 0.2) is 30.3 Å². The largest absolute Gasteiger partial charge is 0.375 e. The van der Waals surface area contributed by atoms with Gasteiger partial charge in [-0.05, 0) is 31.4 Å². The third-order valence-electron chi connectivity index (χ3n) is 3.55. The molecule has 4 heteroatoms. The topological polar surface area (TPSA) is 56.1 Å². The molecule has 0 saturated heterocycles. The highest BCUT2D eigenvalue weighted by atomic mass is 16.2. The summed E-state index contributed by atoms with van der Waals surface area (Å²) in [5.74, 6) is -0.0997. The highest BCUT2D eigenvalue weighted by Crippen LogP contribution is 2.44. The van der Waals surface area contributed by atoms with Gasteiger partial charge in [-0.3, -0.25) is 4.79 Å². The van der Waals surface area contributed by atoms with E-state index in [2.05, 4.69) is 28.4 Å². The van der Waals surface area contributed by atoms with Gasteiger partial charge in [0.2, 0.25) is 5.91 Å². The van der Waals surface area contributed by atoms with Crippen LogP contribution in [0.3, 0.4) is 0 Å². The molecule has 2 rings (SSSR count). The summed E-state index contributed by atoms with van der Waals surface area (Å²) in [7, 11) is 2.04. The summed E-state index contributed by atoms with van der Waals surface area (Å²) in [6.45, 7) is 1.50. The van der Waals surface area contributed by atoms with Crippen molar-refractivity contribution in [2.75, 3.05) is 25.0 Å². The zero-order chi connectivity index (χ0) is 13.7. The molecule has 0 atom stereocenters. The first-order chi connectivity index (χ1) is 9.18. The van der Waals surface area contributed by atoms with Crippen molar-refractivity contribution in [3.05, 3.63) is 30.3 Å². The van der Waals surface area contributed by atoms with Crippen LogP contribution in [0, 0.1) is 16.7 Å². The number of nitrogens with zero attached hydrogens (tertiary/aromatic N) is 2. The fraction of sp³-hybridized carbons (Fsp3) is 0.467. The van der Waals surface area contributed by atoms with Crippen LogP contribution in [0.4, 0.5) is 5.69 Å². The van der Waals surface area contributed by atoms with Crippen LogP contribution < -0.4 is 10.2 Å². The SMILES string of the molecule is CN(CCCNC(=O)C1(C#N)CC1)c1ccccc1. The molecule has 0 aromatic heterocycles. The molecule has 1 amide bonds. The van der Waals surface area contributed by atoms with Gasteiger partial charge in [-0.2, -0.15) is 5.26 Å². The number of carbonyl (C=O) groups excluding carboxylic acids is 1. The van der Waals surface area contributed by atoms with Gasteiger partial charge in [0, 0.05) is 25.8 Å². The molecular weight excluding hydrogens is 238 g/mol. The lowest BCUT2D eigenvalue weighted by Crippen LogP contribution is -2.33. The standard InChI is InChI=1S/C15H19N3O/c1-18(13-6-3-2-4-7-13)11-5-10-17-14(19)15(12-16)8-9-15/h2-4,6-7H,5,8-11H2,1H3,(H,17,19). The fourth-order valence-electron chi connectivity index (χ4n) is 2.01. The van der Waals surface area contributed by atoms with Gasteiger partial charge in [0.05, 0.1) is 6.07 Å². The van der Waals surface area contributed by atoms with Crippen LogP contribution in [0.2, 0.25) is 0 Å². The van der Waals surface area contributed by atoms with E-state index in [0.29, 0.717) is 19.4 Å². The Morgan fingerprint density at radius 3 is 2.68 bits per heavy atom. The lowest BCUT2D eigenvalue weighted by molar-refractivity contribution is -0.124. The van der Waals surface area contributed by atoms with E-state index in [-0.39, 0.29) is 5.91 Å². The zero-order valence-corrected chi connectivity index (χ0v) is 11.2. The second-order valence-electron chi connectivity index (χ2n) is 5.06. The van der Waals surface area contributed by atoms with Crippen LogP contribution in [-0.2, 0) is 4.79 Å². The third kappa shape index (κ3) is 3.25. The molecule has 0 heterocycles. The minimum absolute atomic E-state index is 0.0997. The average Bonchev–Trinajstić information content (AvgIpc) is 3.25. The van der Waals surface area contributed by atoms with E-state index in [1.807, 2.05) is 25.2 Å². The molecule has 0 radical (unpaired) electrons. The summed E-state index contributed by atoms with van der Waals surface area (Å²) in [6, 6.07) is 12.2. The molecule has 1 aromatic carbocycles. The second-order valence-corrected chi connectivity index (χ2v) is 5.06. The zero-order valence-electron chi connectivity index (χ0n) is 11.2. The van der Waals surface area contributed by atoms with Crippen LogP contribution in [0.1, 0.15) is 19.3 Å². The van der Waals surface area contributed by atoms with Crippen molar-refractivity contribution in [1.29, 1.82) is 5.26 Å². The summed E-state index contributed by atoms with van der Waals surface area (Å²) in [6.07, 6.45) is 2.29. The molecule has 1 aliphatic carbocycles. The first kappa shape index (κ1) is 13.4. The van der Waals surface area contributed by atoms with Gasteiger partial charge >= 0.3 is 0 Å². The number of para-hydroxylation sites is 1. The Bertz CT molecular complexity index is 474. The van der Waals surface area contributed by atoms with E-state index in [9.17, 15) is 4.79 Å². The number of rotatable bonds is 6. The summed E-state index contributed by atoms with van der Waals surface area (Å²) in [5, 5.41) is 11.8. The number of hydrogen-bond donors (Lipinski definition) is 1. The van der Waals surface area contributed by atoms with Crippen LogP contribution in [0.25, 0.3) is 0 Å². The van der Waals surface area contributed by atoms with Gasteiger partial charge < -0.3 is 10.2 Å². The number of nitriles is 1. The molecule has 1 saturated carbocycles. The first-order valence-corrected chi connectivity index (χ1v) is 6.64. The number of carbonyl (C=O) groups is 1. The minimum atomic E-state index is -0.703. The molecule has 1 fully saturated rings. The molecule has 19 heavy (non-hydrogen) atoms. The molecule has 1 N–H and O–H groups in total. The van der Waals surface area contributed by atoms with E-state index >= 15 is 0 Å². The molecule has 0 bridgehead atoms. The van der Waals surface area contributed by atoms with E-state index in [1.165, 1.54) is 5.69 Å². The molecule has 0 aliphatic heterocycles. The number of amides is 1. The molecule has 100 valence electrons. The number of benzene rings is 1. The van der Waals surface area contributed by atoms with Crippen LogP contribution in [0.5, 0.6) is 0 Å². The Kier molecular flexibility index (Phi) is 4.06. The highest BCUT2D eigenvalue weighted by Gasteiger charge is 2.50. The molecule has 1 aliphatic rings. The van der Waals surface area contributed by atoms with E-state index in [0.717, 1.165) is 13.0 Å². The van der Waals surface area contributed by atoms with Crippen molar-refractivity contribution in [1.82, 2.24) is 5.32 Å². The predicted molar refractivity (Wildman–Crippen MR) is 74.6 cm³/mol. The van der Waals surface area contributed by atoms with Crippen molar-refractivity contribution in [3.63, 3.8) is 0 Å². The lowest BCUT2D eigenvalue weighted by atomic mass is 10.1. The van der Waals surface area contributed by atoms with E-state index < -0.39 is 5.41 Å². The third-order valence-corrected chi connectivity index (χ3v) is 3.55. The molecule has 0 unspecified atom stereocenters. The van der Waals surface area contributed by atoms with Gasteiger partial charge in [0.25, 0.3) is 0 Å². The Labute approximate surface area is 114 Å². The van der Waals surface area contributed by atoms with Gasteiger partial charge in [0.1, 0.15) is 5.41 Å². The Hall–Kier alpha value is -2.02. The fourth-order valence-corrected chi connectivity index (χ4v) is 2.01. The maximum atomic E-state index is 11.7. The normalized spacial score (nSPS) is 15.4. The number of hydrogen-bond acceptors (Lipinski definition) is 3. The summed E-state index contributed by atoms with van der Waals surface area (Å²) >= 11 is 0. The average molecular weight is 257 g/mol. The van der Waals surface area contributed by atoms with Gasteiger partial charge in [-0.1, -0.05) is 18.2 Å². The van der Waals surface area contributed by atoms with Crippen molar-refractivity contribution >= 4 is 11.6 Å². The van der Waals surface area contributed by atoms with Gasteiger partial charge in [-0.25, -0.2) is 0 Å². The van der Waals surface area contributed by atoms with Crippen molar-refractivity contribution in [2.24, 2.45) is 5.41 Å². The smallest absolute Gasteiger partial charge is 0.240 e. The Morgan fingerprint density at radius 2 is 2.11 bits per heavy atom. The second kappa shape index (κ2) is 5.75. The monoisotopic (exact) mass is 257 g/mol. The maximum Gasteiger partial charge on any atom is 0.240 e. The van der Waals surface area contributed by atoms with Crippen molar-refractivity contribution < 1.29 is 4.79 Å². The van der Waals surface area contributed by atoms with Crippen LogP contribution >= 0.6 is 0 Å². The molecule has 1 aromatic rings.